The second kappa shape index (κ2) is 13.6. The first kappa shape index (κ1) is 24.5. The van der Waals surface area contributed by atoms with Crippen LogP contribution in [0.3, 0.4) is 0 Å². The summed E-state index contributed by atoms with van der Waals surface area (Å²) in [6, 6.07) is 0.563. The Bertz CT molecular complexity index is 262. The van der Waals surface area contributed by atoms with Gasteiger partial charge in [-0.25, -0.2) is 0 Å². The van der Waals surface area contributed by atoms with E-state index in [0.29, 0.717) is 6.04 Å². The van der Waals surface area contributed by atoms with Gasteiger partial charge in [0, 0.05) is 106 Å². The van der Waals surface area contributed by atoms with Crippen LogP contribution in [0.5, 0.6) is 0 Å². The van der Waals surface area contributed by atoms with Crippen molar-refractivity contribution in [2.24, 2.45) is 0 Å². The zero-order chi connectivity index (χ0) is 13.5. The Morgan fingerprint density at radius 2 is 1.75 bits per heavy atom. The van der Waals surface area contributed by atoms with Crippen molar-refractivity contribution in [2.45, 2.75) is 38.5 Å². The van der Waals surface area contributed by atoms with Gasteiger partial charge >= 0.3 is 0 Å². The molecular formula is C13H26CeN3OPaS-. The third-order valence-corrected chi connectivity index (χ3v) is 3.44. The fourth-order valence-electron chi connectivity index (χ4n) is 2.14. The minimum Gasteiger partial charge on any atom is -0.780 e. The molecule has 7 heteroatoms. The van der Waals surface area contributed by atoms with Crippen molar-refractivity contribution in [3.63, 3.8) is 0 Å². The summed E-state index contributed by atoms with van der Waals surface area (Å²) in [7, 11) is 0. The largest absolute Gasteiger partial charge is 0.780 e. The van der Waals surface area contributed by atoms with Crippen molar-refractivity contribution < 1.29 is 78.8 Å². The number of carbonyl (C=O) groups excluding carboxylic acids is 1. The van der Waals surface area contributed by atoms with E-state index in [2.05, 4.69) is 24.1 Å². The maximum atomic E-state index is 11.7. The van der Waals surface area contributed by atoms with Crippen LogP contribution in [-0.2, 0) is 17.4 Å². The van der Waals surface area contributed by atoms with E-state index in [9.17, 15) is 4.79 Å². The maximum absolute atomic E-state index is 11.7. The molecule has 20 heavy (non-hydrogen) atoms. The standard InChI is InChI=1S/C13H27N3OS.Ce.Pa/c1-11(2)14-5-4-6-15-7-9-16(10-8-15)13(17)12(3)18;;/h11-12,14,18H,4-10H2,1-3H3;;/p-1. The van der Waals surface area contributed by atoms with Gasteiger partial charge in [0.1, 0.15) is 0 Å². The predicted octanol–water partition coefficient (Wildman–Crippen LogP) is 0.454. The van der Waals surface area contributed by atoms with Crippen LogP contribution in [0.2, 0.25) is 0 Å². The topological polar surface area (TPSA) is 35.6 Å². The summed E-state index contributed by atoms with van der Waals surface area (Å²) in [4.78, 5) is 16.1. The molecule has 1 atom stereocenters. The molecule has 0 aliphatic carbocycles. The molecular weight excluding hydrogens is 617 g/mol. The molecule has 1 rings (SSSR count). The van der Waals surface area contributed by atoms with Crippen LogP contribution in [0, 0.1) is 74.1 Å². The monoisotopic (exact) mass is 643 g/mol. The molecule has 1 saturated heterocycles. The fraction of sp³-hybridized carbons (Fsp3) is 0.923. The molecule has 1 unspecified atom stereocenters. The van der Waals surface area contributed by atoms with Crippen LogP contribution in [0.15, 0.2) is 0 Å². The first-order chi connectivity index (χ1) is 8.50. The Labute approximate surface area is 187 Å². The summed E-state index contributed by atoms with van der Waals surface area (Å²) in [6.45, 7) is 11.9. The van der Waals surface area contributed by atoms with Crippen LogP contribution < -0.4 is 5.32 Å². The molecule has 0 aromatic carbocycles. The number of hydrogen-bond acceptors (Lipinski definition) is 4. The van der Waals surface area contributed by atoms with Crippen molar-refractivity contribution in [1.29, 1.82) is 0 Å². The number of hydrogen-bond donors (Lipinski definition) is 1. The number of piperazine rings is 1. The fourth-order valence-corrected chi connectivity index (χ4v) is 2.29. The van der Waals surface area contributed by atoms with Gasteiger partial charge in [-0.15, -0.1) is 0 Å². The third-order valence-electron chi connectivity index (χ3n) is 3.24. The quantitative estimate of drug-likeness (QED) is 0.337. The molecule has 1 heterocycles. The van der Waals surface area contributed by atoms with Gasteiger partial charge in [-0.2, -0.15) is 0 Å². The van der Waals surface area contributed by atoms with Crippen LogP contribution in [0.1, 0.15) is 27.2 Å². The predicted molar refractivity (Wildman–Crippen MR) is 77.6 cm³/mol. The second-order valence-corrected chi connectivity index (χ2v) is 5.98. The zero-order valence-corrected chi connectivity index (χ0v) is 21.7. The molecule has 1 N–H and O–H groups in total. The number of rotatable bonds is 6. The van der Waals surface area contributed by atoms with Crippen molar-refractivity contribution in [3.05, 3.63) is 0 Å². The molecule has 0 spiro atoms. The summed E-state index contributed by atoms with van der Waals surface area (Å²) >= 11 is 5.01. The van der Waals surface area contributed by atoms with Gasteiger partial charge in [0.25, 0.3) is 0 Å². The maximum Gasteiger partial charge on any atom is 0.201 e. The van der Waals surface area contributed by atoms with E-state index in [0.717, 1.165) is 39.3 Å². The van der Waals surface area contributed by atoms with Gasteiger partial charge in [0.05, 0.1) is 0 Å². The van der Waals surface area contributed by atoms with Gasteiger partial charge in [0.15, 0.2) is 0 Å². The molecule has 0 saturated carbocycles. The van der Waals surface area contributed by atoms with Crippen LogP contribution in [0.25, 0.3) is 0 Å². The van der Waals surface area contributed by atoms with Crippen molar-refractivity contribution in [2.75, 3.05) is 39.3 Å². The summed E-state index contributed by atoms with van der Waals surface area (Å²) in [5.74, 6) is 0.117. The molecule has 0 bridgehead atoms. The van der Waals surface area contributed by atoms with Crippen molar-refractivity contribution in [3.8, 4) is 0 Å². The minimum atomic E-state index is -0.285. The van der Waals surface area contributed by atoms with Gasteiger partial charge in [-0.05, 0) is 19.5 Å². The van der Waals surface area contributed by atoms with Gasteiger partial charge in [-0.3, -0.25) is 9.69 Å². The third kappa shape index (κ3) is 10.1. The first-order valence-electron chi connectivity index (χ1n) is 6.91. The second-order valence-electron chi connectivity index (χ2n) is 5.27. The minimum absolute atomic E-state index is 0. The zero-order valence-electron chi connectivity index (χ0n) is 12.9. The molecule has 1 amide bonds. The molecule has 1 aliphatic heterocycles. The molecule has 113 valence electrons. The van der Waals surface area contributed by atoms with Crippen LogP contribution in [0.4, 0.5) is 0 Å². The Hall–Kier alpha value is 2.21. The Balaban J connectivity index is 0. The smallest absolute Gasteiger partial charge is 0.201 e. The van der Waals surface area contributed by atoms with Gasteiger partial charge in [-0.1, -0.05) is 26.0 Å². The summed E-state index contributed by atoms with van der Waals surface area (Å²) in [5, 5.41) is 3.14. The van der Waals surface area contributed by atoms with Crippen molar-refractivity contribution >= 4 is 18.5 Å². The molecule has 4 nitrogen and oxygen atoms in total. The first-order valence-corrected chi connectivity index (χ1v) is 7.38. The molecule has 1 fully saturated rings. The normalized spacial score (nSPS) is 17.4. The van der Waals surface area contributed by atoms with Crippen LogP contribution in [-0.4, -0.2) is 66.3 Å². The van der Waals surface area contributed by atoms with E-state index >= 15 is 0 Å². The Morgan fingerprint density at radius 1 is 1.20 bits per heavy atom. The summed E-state index contributed by atoms with van der Waals surface area (Å²) in [5.41, 5.74) is 0. The van der Waals surface area contributed by atoms with E-state index in [1.54, 1.807) is 6.92 Å². The Kier molecular flexibility index (Phi) is 16.7. The molecule has 0 aromatic heterocycles. The molecule has 0 aromatic rings. The van der Waals surface area contributed by atoms with E-state index in [1.807, 2.05) is 4.90 Å². The molecule has 1 aliphatic rings. The number of nitrogens with one attached hydrogen (secondary N) is 1. The van der Waals surface area contributed by atoms with Crippen molar-refractivity contribution in [1.82, 2.24) is 15.1 Å². The van der Waals surface area contributed by atoms with E-state index in [1.165, 1.54) is 6.42 Å². The Morgan fingerprint density at radius 3 is 2.20 bits per heavy atom. The van der Waals surface area contributed by atoms with E-state index in [-0.39, 0.29) is 85.2 Å². The summed E-state index contributed by atoms with van der Waals surface area (Å²) < 4.78 is 0. The number of amides is 1. The average molecular weight is 644 g/mol. The van der Waals surface area contributed by atoms with Gasteiger partial charge in [0.2, 0.25) is 5.91 Å². The van der Waals surface area contributed by atoms with Gasteiger partial charge < -0.3 is 22.8 Å². The van der Waals surface area contributed by atoms with E-state index < -0.39 is 0 Å². The number of nitrogens with zero attached hydrogens (tertiary/aromatic N) is 2. The van der Waals surface area contributed by atoms with E-state index in [4.69, 9.17) is 12.6 Å². The number of carbonyl (C=O) groups is 1. The SMILES string of the molecule is CC(C)NCCCN1CCN(C(=O)C(C)[S-])CC1.[Ce].[Pa]. The average Bonchev–Trinajstić information content (AvgIpc) is 2.34. The van der Waals surface area contributed by atoms with Crippen LogP contribution >= 0.6 is 0 Å². The summed E-state index contributed by atoms with van der Waals surface area (Å²) in [6.07, 6.45) is 1.17. The molecule has 1 radical (unpaired) electrons.